The van der Waals surface area contributed by atoms with Crippen molar-refractivity contribution in [3.63, 3.8) is 0 Å². The number of ether oxygens (including phenoxy) is 2. The van der Waals surface area contributed by atoms with Crippen molar-refractivity contribution >= 4 is 0 Å². The van der Waals surface area contributed by atoms with Crippen LogP contribution < -0.4 is 0 Å². The molecule has 0 amide bonds. The second kappa shape index (κ2) is 28.9. The fourth-order valence-electron chi connectivity index (χ4n) is 4.18. The predicted octanol–water partition coefficient (Wildman–Crippen LogP) is 10.6. The van der Waals surface area contributed by atoms with E-state index in [-0.39, 0.29) is 7.43 Å². The summed E-state index contributed by atoms with van der Waals surface area (Å²) >= 11 is 0. The fraction of sp³-hybridized carbons (Fsp3) is 0.657. The Morgan fingerprint density at radius 3 is 1.08 bits per heavy atom. The molecule has 0 atom stereocenters. The Balaban J connectivity index is 0.000000682. The summed E-state index contributed by atoms with van der Waals surface area (Å²) in [6.07, 6.45) is 20.5. The van der Waals surface area contributed by atoms with Crippen molar-refractivity contribution < 1.29 is 9.47 Å². The van der Waals surface area contributed by atoms with Crippen LogP contribution in [0.3, 0.4) is 0 Å². The van der Waals surface area contributed by atoms with Crippen molar-refractivity contribution in [2.24, 2.45) is 0 Å². The molecule has 0 spiro atoms. The van der Waals surface area contributed by atoms with Gasteiger partial charge in [-0.2, -0.15) is 0 Å². The van der Waals surface area contributed by atoms with Crippen LogP contribution >= 0.6 is 0 Å². The highest BCUT2D eigenvalue weighted by atomic mass is 16.5. The second-order valence-corrected chi connectivity index (χ2v) is 9.94. The van der Waals surface area contributed by atoms with Crippen molar-refractivity contribution in [3.05, 3.63) is 71.8 Å². The Morgan fingerprint density at radius 1 is 0.405 bits per heavy atom. The van der Waals surface area contributed by atoms with Crippen LogP contribution in [0.5, 0.6) is 0 Å². The van der Waals surface area contributed by atoms with Gasteiger partial charge in [0, 0.05) is 26.4 Å². The molecule has 37 heavy (non-hydrogen) atoms. The van der Waals surface area contributed by atoms with E-state index in [0.29, 0.717) is 0 Å². The van der Waals surface area contributed by atoms with E-state index >= 15 is 0 Å². The summed E-state index contributed by atoms with van der Waals surface area (Å²) in [5.74, 6) is 0. The molecular formula is C35H60O2. The molecule has 212 valence electrons. The van der Waals surface area contributed by atoms with E-state index in [4.69, 9.17) is 9.47 Å². The molecule has 0 N–H and O–H groups in total. The van der Waals surface area contributed by atoms with Gasteiger partial charge in [-0.25, -0.2) is 0 Å². The molecule has 0 saturated heterocycles. The fourth-order valence-corrected chi connectivity index (χ4v) is 4.18. The number of unbranched alkanes of at least 4 members (excludes halogenated alkanes) is 10. The van der Waals surface area contributed by atoms with Crippen LogP contribution in [0.15, 0.2) is 60.7 Å². The summed E-state index contributed by atoms with van der Waals surface area (Å²) in [6, 6.07) is 21.4. The van der Waals surface area contributed by atoms with Crippen LogP contribution in [-0.4, -0.2) is 26.4 Å². The number of hydrogen-bond donors (Lipinski definition) is 0. The molecule has 0 aliphatic heterocycles. The topological polar surface area (TPSA) is 18.5 Å². The average Bonchev–Trinajstić information content (AvgIpc) is 2.92. The third-order valence-electron chi connectivity index (χ3n) is 6.48. The lowest BCUT2D eigenvalue weighted by atomic mass is 10.1. The van der Waals surface area contributed by atoms with Crippen molar-refractivity contribution in [3.8, 4) is 0 Å². The lowest BCUT2D eigenvalue weighted by molar-refractivity contribution is 0.126. The number of rotatable bonds is 22. The number of hydrogen-bond acceptors (Lipinski definition) is 2. The summed E-state index contributed by atoms with van der Waals surface area (Å²) in [6.45, 7) is 8.28. The van der Waals surface area contributed by atoms with Crippen LogP contribution in [0.4, 0.5) is 0 Å². The summed E-state index contributed by atoms with van der Waals surface area (Å²) in [5.41, 5.74) is 2.88. The Labute approximate surface area is 231 Å². The largest absolute Gasteiger partial charge is 0.381 e. The van der Waals surface area contributed by atoms with Crippen LogP contribution in [0.2, 0.25) is 0 Å². The van der Waals surface area contributed by atoms with Crippen LogP contribution in [0, 0.1) is 0 Å². The molecule has 0 aliphatic rings. The van der Waals surface area contributed by atoms with E-state index in [1.165, 1.54) is 114 Å². The normalized spacial score (nSPS) is 10.4. The molecule has 0 fully saturated rings. The lowest BCUT2D eigenvalue weighted by Crippen LogP contribution is -1.98. The van der Waals surface area contributed by atoms with Gasteiger partial charge in [0.15, 0.2) is 0 Å². The van der Waals surface area contributed by atoms with Gasteiger partial charge in [-0.3, -0.25) is 0 Å². The summed E-state index contributed by atoms with van der Waals surface area (Å²) in [7, 11) is 0. The molecule has 2 heteroatoms. The van der Waals surface area contributed by atoms with Crippen LogP contribution in [0.25, 0.3) is 0 Å². The van der Waals surface area contributed by atoms with Gasteiger partial charge in [-0.05, 0) is 62.5 Å². The highest BCUT2D eigenvalue weighted by Crippen LogP contribution is 2.07. The van der Waals surface area contributed by atoms with Gasteiger partial charge in [0.25, 0.3) is 0 Å². The minimum atomic E-state index is 0. The zero-order valence-corrected chi connectivity index (χ0v) is 23.7. The first-order chi connectivity index (χ1) is 17.9. The van der Waals surface area contributed by atoms with E-state index in [0.717, 1.165) is 26.4 Å². The number of benzene rings is 2. The molecule has 2 aromatic carbocycles. The summed E-state index contributed by atoms with van der Waals surface area (Å²) in [4.78, 5) is 0. The van der Waals surface area contributed by atoms with Crippen molar-refractivity contribution in [2.45, 2.75) is 124 Å². The van der Waals surface area contributed by atoms with Crippen molar-refractivity contribution in [1.82, 2.24) is 0 Å². The summed E-state index contributed by atoms with van der Waals surface area (Å²) in [5, 5.41) is 0. The molecule has 2 rings (SSSR count). The smallest absolute Gasteiger partial charge is 0.0466 e. The first-order valence-electron chi connectivity index (χ1n) is 15.1. The molecule has 0 aliphatic carbocycles. The monoisotopic (exact) mass is 512 g/mol. The standard InChI is InChI=1S/2C17H28O.CH4/c2*1-2-3-4-5-10-15-18-16-11-9-14-17-12-7-6-8-13-17;/h2*6-8,12-13H,2-5,9-11,14-16H2,1H3;1H4. The minimum absolute atomic E-state index is 0. The van der Waals surface area contributed by atoms with Gasteiger partial charge >= 0.3 is 0 Å². The molecular weight excluding hydrogens is 452 g/mol. The van der Waals surface area contributed by atoms with E-state index in [2.05, 4.69) is 74.5 Å². The third kappa shape index (κ3) is 24.5. The number of aryl methyl sites for hydroxylation is 2. The van der Waals surface area contributed by atoms with Gasteiger partial charge in [-0.15, -0.1) is 0 Å². The van der Waals surface area contributed by atoms with Crippen LogP contribution in [-0.2, 0) is 22.3 Å². The van der Waals surface area contributed by atoms with E-state index < -0.39 is 0 Å². The minimum Gasteiger partial charge on any atom is -0.381 e. The van der Waals surface area contributed by atoms with Gasteiger partial charge in [-0.1, -0.05) is 133 Å². The molecule has 0 saturated carbocycles. The van der Waals surface area contributed by atoms with E-state index in [1.54, 1.807) is 0 Å². The zero-order valence-electron chi connectivity index (χ0n) is 23.7. The molecule has 2 nitrogen and oxygen atoms in total. The van der Waals surface area contributed by atoms with Crippen molar-refractivity contribution in [2.75, 3.05) is 26.4 Å². The maximum absolute atomic E-state index is 5.65. The maximum Gasteiger partial charge on any atom is 0.0466 e. The Kier molecular flexibility index (Phi) is 27.6. The highest BCUT2D eigenvalue weighted by Gasteiger charge is 1.95. The highest BCUT2D eigenvalue weighted by molar-refractivity contribution is 5.15. The maximum atomic E-state index is 5.65. The Morgan fingerprint density at radius 2 is 0.730 bits per heavy atom. The predicted molar refractivity (Wildman–Crippen MR) is 165 cm³/mol. The van der Waals surface area contributed by atoms with Gasteiger partial charge in [0.1, 0.15) is 0 Å². The molecule has 0 heterocycles. The first-order valence-corrected chi connectivity index (χ1v) is 15.1. The van der Waals surface area contributed by atoms with E-state index in [1.807, 2.05) is 0 Å². The van der Waals surface area contributed by atoms with Gasteiger partial charge < -0.3 is 9.47 Å². The second-order valence-electron chi connectivity index (χ2n) is 9.94. The Hall–Kier alpha value is -1.64. The van der Waals surface area contributed by atoms with Gasteiger partial charge in [0.05, 0.1) is 0 Å². The quantitative estimate of drug-likeness (QED) is 0.146. The summed E-state index contributed by atoms with van der Waals surface area (Å²) < 4.78 is 11.3. The van der Waals surface area contributed by atoms with Gasteiger partial charge in [0.2, 0.25) is 0 Å². The molecule has 0 radical (unpaired) electrons. The van der Waals surface area contributed by atoms with E-state index in [9.17, 15) is 0 Å². The molecule has 0 unspecified atom stereocenters. The van der Waals surface area contributed by atoms with Crippen LogP contribution in [0.1, 0.15) is 122 Å². The Bertz CT molecular complexity index is 596. The zero-order chi connectivity index (χ0) is 25.8. The average molecular weight is 513 g/mol. The lowest BCUT2D eigenvalue weighted by Gasteiger charge is -2.04. The molecule has 0 aromatic heterocycles. The first kappa shape index (κ1) is 35.4. The molecule has 0 bridgehead atoms. The third-order valence-corrected chi connectivity index (χ3v) is 6.48. The molecule has 2 aromatic rings. The SMILES string of the molecule is C.CCCCCCCOCCCCc1ccccc1.CCCCCCCOCCCCc1ccccc1. The van der Waals surface area contributed by atoms with Crippen molar-refractivity contribution in [1.29, 1.82) is 0 Å².